The topological polar surface area (TPSA) is 80.8 Å². The molecule has 0 amide bonds. The average molecular weight is 381 g/mol. The normalized spacial score (nSPS) is 10.7. The van der Waals surface area contributed by atoms with Crippen molar-refractivity contribution in [2.24, 2.45) is 0 Å². The third-order valence-corrected chi connectivity index (χ3v) is 4.43. The Labute approximate surface area is 157 Å². The maximum absolute atomic E-state index is 11.5. The monoisotopic (exact) mass is 381 g/mol. The molecule has 0 fully saturated rings. The third-order valence-electron chi connectivity index (χ3n) is 3.56. The molecule has 0 bridgehead atoms. The number of hydrogen-bond acceptors (Lipinski definition) is 6. The molecule has 0 atom stereocenters. The van der Waals surface area contributed by atoms with Crippen LogP contribution in [-0.4, -0.2) is 29.9 Å². The highest BCUT2D eigenvalue weighted by Crippen LogP contribution is 2.37. The van der Waals surface area contributed by atoms with E-state index in [9.17, 15) is 9.90 Å². The van der Waals surface area contributed by atoms with Crippen molar-refractivity contribution >= 4 is 11.3 Å². The number of rotatable bonds is 11. The number of benzene rings is 1. The van der Waals surface area contributed by atoms with Gasteiger partial charge in [0.05, 0.1) is 24.7 Å². The lowest BCUT2D eigenvalue weighted by molar-refractivity contribution is 0.263. The van der Waals surface area contributed by atoms with Crippen LogP contribution in [-0.2, 0) is 6.42 Å². The van der Waals surface area contributed by atoms with Gasteiger partial charge in [-0.3, -0.25) is 9.78 Å². The Kier molecular flexibility index (Phi) is 7.84. The van der Waals surface area contributed by atoms with Crippen LogP contribution >= 0.6 is 11.3 Å². The van der Waals surface area contributed by atoms with E-state index in [0.717, 1.165) is 36.2 Å². The Morgan fingerprint density at radius 1 is 0.923 bits per heavy atom. The van der Waals surface area contributed by atoms with Crippen LogP contribution in [0.4, 0.5) is 0 Å². The van der Waals surface area contributed by atoms with E-state index in [1.807, 2.05) is 32.9 Å². The first kappa shape index (κ1) is 20.2. The zero-order chi connectivity index (χ0) is 18.9. The Morgan fingerprint density at radius 2 is 1.46 bits per heavy atom. The molecule has 144 valence electrons. The molecule has 0 spiro atoms. The first-order valence-corrected chi connectivity index (χ1v) is 9.86. The molecule has 0 radical (unpaired) electrons. The number of nitrogens with one attached hydrogen (secondary N) is 1. The minimum Gasteiger partial charge on any atom is -0.494 e. The summed E-state index contributed by atoms with van der Waals surface area (Å²) in [5, 5.41) is 9.90. The molecule has 2 rings (SSSR count). The summed E-state index contributed by atoms with van der Waals surface area (Å²) in [4.78, 5) is 14.2. The van der Waals surface area contributed by atoms with Crippen LogP contribution in [0, 0.1) is 0 Å². The minimum absolute atomic E-state index is 0.0937. The van der Waals surface area contributed by atoms with E-state index < -0.39 is 0 Å². The van der Waals surface area contributed by atoms with Crippen molar-refractivity contribution in [2.45, 2.75) is 46.5 Å². The summed E-state index contributed by atoms with van der Waals surface area (Å²) in [6, 6.07) is 3.73. The van der Waals surface area contributed by atoms with Crippen molar-refractivity contribution in [2.75, 3.05) is 19.8 Å². The second-order valence-corrected chi connectivity index (χ2v) is 6.98. The van der Waals surface area contributed by atoms with Crippen molar-refractivity contribution in [3.05, 3.63) is 32.2 Å². The minimum atomic E-state index is -0.279. The van der Waals surface area contributed by atoms with E-state index >= 15 is 0 Å². The molecule has 0 aliphatic carbocycles. The van der Waals surface area contributed by atoms with Gasteiger partial charge in [0.25, 0.3) is 0 Å². The molecule has 0 aliphatic rings. The van der Waals surface area contributed by atoms with Gasteiger partial charge in [-0.25, -0.2) is 0 Å². The van der Waals surface area contributed by atoms with Gasteiger partial charge in [0.2, 0.25) is 5.88 Å². The zero-order valence-electron chi connectivity index (χ0n) is 15.6. The molecule has 1 aromatic carbocycles. The Hall–Kier alpha value is -2.15. The van der Waals surface area contributed by atoms with E-state index in [4.69, 9.17) is 14.2 Å². The lowest BCUT2D eigenvalue weighted by atomic mass is 10.1. The van der Waals surface area contributed by atoms with Gasteiger partial charge in [-0.1, -0.05) is 32.1 Å². The lowest BCUT2D eigenvalue weighted by Gasteiger charge is -2.17. The molecule has 2 N–H and O–H groups in total. The average Bonchev–Trinajstić information content (AvgIpc) is 2.94. The number of aromatic nitrogens is 1. The van der Waals surface area contributed by atoms with E-state index in [1.165, 1.54) is 0 Å². The molecular formula is C19H27NO5S. The van der Waals surface area contributed by atoms with Gasteiger partial charge in [0.1, 0.15) is 5.75 Å². The first-order chi connectivity index (χ1) is 12.6. The Morgan fingerprint density at radius 3 is 1.96 bits per heavy atom. The fourth-order valence-electron chi connectivity index (χ4n) is 2.36. The molecule has 6 nitrogen and oxygen atoms in total. The number of hydrogen-bond donors (Lipinski definition) is 2. The maximum Gasteiger partial charge on any atom is 0.307 e. The molecule has 2 aromatic rings. The van der Waals surface area contributed by atoms with Gasteiger partial charge in [-0.15, -0.1) is 0 Å². The van der Waals surface area contributed by atoms with Crippen LogP contribution < -0.4 is 19.1 Å². The number of aromatic amines is 1. The second kappa shape index (κ2) is 10.1. The Balaban J connectivity index is 2.40. The van der Waals surface area contributed by atoms with Gasteiger partial charge in [-0.05, 0) is 25.3 Å². The fraction of sp³-hybridized carbons (Fsp3) is 0.526. The number of thiazole rings is 1. The molecule has 0 saturated carbocycles. The highest BCUT2D eigenvalue weighted by molar-refractivity contribution is 7.09. The predicted molar refractivity (Wildman–Crippen MR) is 103 cm³/mol. The van der Waals surface area contributed by atoms with Gasteiger partial charge in [-0.2, -0.15) is 0 Å². The largest absolute Gasteiger partial charge is 0.494 e. The van der Waals surface area contributed by atoms with Crippen LogP contribution in [0.3, 0.4) is 0 Å². The van der Waals surface area contributed by atoms with Gasteiger partial charge < -0.3 is 19.3 Å². The van der Waals surface area contributed by atoms with Crippen LogP contribution in [0.25, 0.3) is 0 Å². The summed E-state index contributed by atoms with van der Waals surface area (Å²) in [5.74, 6) is 1.90. The van der Waals surface area contributed by atoms with Crippen LogP contribution in [0.1, 0.15) is 50.5 Å². The Bertz CT molecular complexity index is 753. The van der Waals surface area contributed by atoms with Gasteiger partial charge in [0.15, 0.2) is 11.5 Å². The smallest absolute Gasteiger partial charge is 0.307 e. The zero-order valence-corrected chi connectivity index (χ0v) is 16.4. The summed E-state index contributed by atoms with van der Waals surface area (Å²) in [5.41, 5.74) is 0.846. The molecule has 7 heteroatoms. The quantitative estimate of drug-likeness (QED) is 0.612. The van der Waals surface area contributed by atoms with Crippen LogP contribution in [0.5, 0.6) is 23.1 Å². The molecular weight excluding hydrogens is 354 g/mol. The van der Waals surface area contributed by atoms with Crippen LogP contribution in [0.2, 0.25) is 0 Å². The van der Waals surface area contributed by atoms with E-state index in [1.54, 1.807) is 0 Å². The lowest BCUT2D eigenvalue weighted by Crippen LogP contribution is -2.05. The summed E-state index contributed by atoms with van der Waals surface area (Å²) >= 11 is 0.995. The van der Waals surface area contributed by atoms with Gasteiger partial charge in [0, 0.05) is 18.1 Å². The fourth-order valence-corrected chi connectivity index (χ4v) is 3.11. The number of H-pyrrole nitrogens is 1. The van der Waals surface area contributed by atoms with Gasteiger partial charge >= 0.3 is 4.87 Å². The summed E-state index contributed by atoms with van der Waals surface area (Å²) in [6.07, 6.45) is 3.04. The first-order valence-electron chi connectivity index (χ1n) is 9.05. The van der Waals surface area contributed by atoms with E-state index in [0.29, 0.717) is 48.4 Å². The molecule has 1 aromatic heterocycles. The molecule has 1 heterocycles. The van der Waals surface area contributed by atoms with Crippen molar-refractivity contribution in [1.29, 1.82) is 0 Å². The highest BCUT2D eigenvalue weighted by Gasteiger charge is 2.17. The van der Waals surface area contributed by atoms with Crippen LogP contribution in [0.15, 0.2) is 16.9 Å². The number of aromatic hydroxyl groups is 1. The van der Waals surface area contributed by atoms with E-state index in [2.05, 4.69) is 4.98 Å². The third kappa shape index (κ3) is 5.42. The maximum atomic E-state index is 11.5. The second-order valence-electron chi connectivity index (χ2n) is 5.92. The molecule has 0 unspecified atom stereocenters. The molecule has 0 aliphatic heterocycles. The van der Waals surface area contributed by atoms with Crippen molar-refractivity contribution in [3.8, 4) is 23.1 Å². The van der Waals surface area contributed by atoms with Crippen molar-refractivity contribution < 1.29 is 19.3 Å². The molecule has 26 heavy (non-hydrogen) atoms. The summed E-state index contributed by atoms with van der Waals surface area (Å²) in [6.45, 7) is 7.88. The highest BCUT2D eigenvalue weighted by atomic mass is 32.1. The molecule has 0 saturated heterocycles. The predicted octanol–water partition coefficient (Wildman–Crippen LogP) is 4.10. The summed E-state index contributed by atoms with van der Waals surface area (Å²) < 4.78 is 17.6. The van der Waals surface area contributed by atoms with Crippen molar-refractivity contribution in [1.82, 2.24) is 4.98 Å². The summed E-state index contributed by atoms with van der Waals surface area (Å²) in [7, 11) is 0. The standard InChI is InChI=1S/C19H27NO5S/c1-4-7-23-14-12-16(25-9-6-3)15(24-8-5-2)10-13(14)11-17-18(21)20-19(22)26-17/h10,12,21H,4-9,11H2,1-3H3,(H,20,22). The van der Waals surface area contributed by atoms with E-state index in [-0.39, 0.29) is 10.8 Å². The van der Waals surface area contributed by atoms with Crippen molar-refractivity contribution in [3.63, 3.8) is 0 Å². The SMILES string of the molecule is CCCOc1cc(OCCC)c(OCCC)cc1Cc1sc(=O)[nH]c1O. The number of ether oxygens (including phenoxy) is 3.